The standard InChI is InChI=1S/C20H26N2O4/c1-12-5-6-13(7-15(12)11-23)16(10-19(24)26-4)14-8-17(21)20(22-2)18(9-14)25-3/h5-9,16,22-23H,10-11,21H2,1-4H3. The van der Waals surface area contributed by atoms with Crippen molar-refractivity contribution in [3.05, 3.63) is 52.6 Å². The fraction of sp³-hybridized carbons (Fsp3) is 0.350. The Bertz CT molecular complexity index is 790. The molecule has 0 radical (unpaired) electrons. The van der Waals surface area contributed by atoms with Crippen LogP contribution in [0.1, 0.15) is 34.6 Å². The van der Waals surface area contributed by atoms with Crippen molar-refractivity contribution in [1.29, 1.82) is 0 Å². The highest BCUT2D eigenvalue weighted by molar-refractivity contribution is 5.76. The number of hydrogen-bond donors (Lipinski definition) is 3. The average molecular weight is 358 g/mol. The molecular weight excluding hydrogens is 332 g/mol. The van der Waals surface area contributed by atoms with Gasteiger partial charge in [-0.3, -0.25) is 4.79 Å². The van der Waals surface area contributed by atoms with Crippen LogP contribution in [0.5, 0.6) is 5.75 Å². The molecule has 26 heavy (non-hydrogen) atoms. The van der Waals surface area contributed by atoms with Crippen LogP contribution in [0.2, 0.25) is 0 Å². The van der Waals surface area contributed by atoms with Gasteiger partial charge in [0.15, 0.2) is 0 Å². The minimum Gasteiger partial charge on any atom is -0.494 e. The topological polar surface area (TPSA) is 93.8 Å². The van der Waals surface area contributed by atoms with Gasteiger partial charge in [0.25, 0.3) is 0 Å². The molecule has 0 aromatic heterocycles. The molecule has 0 amide bonds. The number of carbonyl (C=O) groups is 1. The molecular formula is C20H26N2O4. The van der Waals surface area contributed by atoms with Crippen LogP contribution >= 0.6 is 0 Å². The minimum atomic E-state index is -0.323. The lowest BCUT2D eigenvalue weighted by molar-refractivity contribution is -0.140. The molecule has 140 valence electrons. The average Bonchev–Trinajstić information content (AvgIpc) is 2.65. The largest absolute Gasteiger partial charge is 0.494 e. The van der Waals surface area contributed by atoms with Gasteiger partial charge in [0.05, 0.1) is 38.6 Å². The van der Waals surface area contributed by atoms with Crippen LogP contribution < -0.4 is 15.8 Å². The second-order valence-corrected chi connectivity index (χ2v) is 6.11. The van der Waals surface area contributed by atoms with Gasteiger partial charge in [-0.25, -0.2) is 0 Å². The summed E-state index contributed by atoms with van der Waals surface area (Å²) in [6, 6.07) is 9.51. The summed E-state index contributed by atoms with van der Waals surface area (Å²) in [6.45, 7) is 1.88. The lowest BCUT2D eigenvalue weighted by atomic mass is 9.86. The molecule has 0 spiro atoms. The molecule has 0 aliphatic rings. The third-order valence-electron chi connectivity index (χ3n) is 4.57. The molecule has 0 saturated carbocycles. The van der Waals surface area contributed by atoms with E-state index in [9.17, 15) is 9.90 Å². The Kier molecular flexibility index (Phi) is 6.46. The summed E-state index contributed by atoms with van der Waals surface area (Å²) < 4.78 is 10.3. The van der Waals surface area contributed by atoms with E-state index in [1.807, 2.05) is 37.3 Å². The van der Waals surface area contributed by atoms with Crippen LogP contribution in [-0.2, 0) is 16.1 Å². The van der Waals surface area contributed by atoms with Gasteiger partial charge in [-0.05, 0) is 41.3 Å². The summed E-state index contributed by atoms with van der Waals surface area (Å²) in [5.74, 6) is 0.0127. The highest BCUT2D eigenvalue weighted by Gasteiger charge is 2.22. The summed E-state index contributed by atoms with van der Waals surface area (Å²) in [5.41, 5.74) is 11.0. The Labute approximate surface area is 153 Å². The maximum absolute atomic E-state index is 12.0. The van der Waals surface area contributed by atoms with Gasteiger partial charge in [-0.1, -0.05) is 18.2 Å². The van der Waals surface area contributed by atoms with E-state index < -0.39 is 0 Å². The molecule has 0 saturated heterocycles. The number of hydrogen-bond acceptors (Lipinski definition) is 6. The number of benzene rings is 2. The highest BCUT2D eigenvalue weighted by Crippen LogP contribution is 2.38. The van der Waals surface area contributed by atoms with Crippen molar-refractivity contribution in [1.82, 2.24) is 0 Å². The van der Waals surface area contributed by atoms with Crippen molar-refractivity contribution in [2.75, 3.05) is 32.3 Å². The van der Waals surface area contributed by atoms with Crippen LogP contribution in [-0.4, -0.2) is 32.3 Å². The molecule has 2 rings (SSSR count). The predicted octanol–water partition coefficient (Wildman–Crippen LogP) is 2.81. The Morgan fingerprint density at radius 1 is 1.23 bits per heavy atom. The first-order chi connectivity index (χ1) is 12.4. The third kappa shape index (κ3) is 4.08. The van der Waals surface area contributed by atoms with E-state index in [4.69, 9.17) is 15.2 Å². The van der Waals surface area contributed by atoms with Gasteiger partial charge < -0.3 is 25.6 Å². The van der Waals surface area contributed by atoms with Crippen molar-refractivity contribution in [3.8, 4) is 5.75 Å². The zero-order chi connectivity index (χ0) is 19.3. The fourth-order valence-corrected chi connectivity index (χ4v) is 3.05. The Morgan fingerprint density at radius 3 is 2.54 bits per heavy atom. The minimum absolute atomic E-state index is 0.0607. The van der Waals surface area contributed by atoms with Crippen molar-refractivity contribution in [3.63, 3.8) is 0 Å². The molecule has 1 atom stereocenters. The fourth-order valence-electron chi connectivity index (χ4n) is 3.05. The second kappa shape index (κ2) is 8.58. The molecule has 0 heterocycles. The molecule has 2 aromatic carbocycles. The van der Waals surface area contributed by atoms with Gasteiger partial charge in [0.2, 0.25) is 0 Å². The Morgan fingerprint density at radius 2 is 1.96 bits per heavy atom. The first-order valence-corrected chi connectivity index (χ1v) is 8.37. The molecule has 0 fully saturated rings. The number of nitrogen functional groups attached to an aromatic ring is 1. The van der Waals surface area contributed by atoms with Crippen molar-refractivity contribution >= 4 is 17.3 Å². The Hall–Kier alpha value is -2.73. The number of aliphatic hydroxyl groups is 1. The SMILES string of the molecule is CNc1c(N)cc(C(CC(=O)OC)c2ccc(C)c(CO)c2)cc1OC. The number of ether oxygens (including phenoxy) is 2. The van der Waals surface area contributed by atoms with Gasteiger partial charge in [-0.2, -0.15) is 0 Å². The second-order valence-electron chi connectivity index (χ2n) is 6.11. The number of rotatable bonds is 7. The van der Waals surface area contributed by atoms with Gasteiger partial charge >= 0.3 is 5.97 Å². The van der Waals surface area contributed by atoms with E-state index >= 15 is 0 Å². The highest BCUT2D eigenvalue weighted by atomic mass is 16.5. The summed E-state index contributed by atoms with van der Waals surface area (Å²) >= 11 is 0. The lowest BCUT2D eigenvalue weighted by Gasteiger charge is -2.21. The molecule has 4 N–H and O–H groups in total. The Balaban J connectivity index is 2.58. The quantitative estimate of drug-likeness (QED) is 0.520. The van der Waals surface area contributed by atoms with E-state index in [-0.39, 0.29) is 24.9 Å². The van der Waals surface area contributed by atoms with Crippen LogP contribution in [0.25, 0.3) is 0 Å². The first-order valence-electron chi connectivity index (χ1n) is 8.37. The van der Waals surface area contributed by atoms with E-state index in [0.717, 1.165) is 22.3 Å². The van der Waals surface area contributed by atoms with E-state index in [2.05, 4.69) is 5.32 Å². The zero-order valence-corrected chi connectivity index (χ0v) is 15.6. The summed E-state index contributed by atoms with van der Waals surface area (Å²) in [5, 5.41) is 12.6. The molecule has 1 unspecified atom stereocenters. The third-order valence-corrected chi connectivity index (χ3v) is 4.57. The van der Waals surface area contributed by atoms with Gasteiger partial charge in [0, 0.05) is 13.0 Å². The lowest BCUT2D eigenvalue weighted by Crippen LogP contribution is -2.12. The van der Waals surface area contributed by atoms with E-state index in [0.29, 0.717) is 17.1 Å². The summed E-state index contributed by atoms with van der Waals surface area (Å²) in [7, 11) is 4.71. The molecule has 6 heteroatoms. The van der Waals surface area contributed by atoms with Crippen LogP contribution in [0.3, 0.4) is 0 Å². The van der Waals surface area contributed by atoms with Crippen molar-refractivity contribution in [2.24, 2.45) is 0 Å². The van der Waals surface area contributed by atoms with Gasteiger partial charge in [0.1, 0.15) is 5.75 Å². The number of esters is 1. The summed E-state index contributed by atoms with van der Waals surface area (Å²) in [4.78, 5) is 12.0. The van der Waals surface area contributed by atoms with E-state index in [1.54, 1.807) is 14.2 Å². The van der Waals surface area contributed by atoms with E-state index in [1.165, 1.54) is 7.11 Å². The molecule has 6 nitrogen and oxygen atoms in total. The number of carbonyl (C=O) groups excluding carboxylic acids is 1. The maximum Gasteiger partial charge on any atom is 0.306 e. The summed E-state index contributed by atoms with van der Waals surface area (Å²) in [6.07, 6.45) is 0.159. The molecule has 0 bridgehead atoms. The normalized spacial score (nSPS) is 11.7. The number of methoxy groups -OCH3 is 2. The zero-order valence-electron chi connectivity index (χ0n) is 15.6. The number of aliphatic hydroxyl groups excluding tert-OH is 1. The number of anilines is 2. The number of nitrogens with one attached hydrogen (secondary N) is 1. The molecule has 0 aliphatic carbocycles. The monoisotopic (exact) mass is 358 g/mol. The number of nitrogens with two attached hydrogens (primary N) is 1. The first kappa shape index (κ1) is 19.6. The number of aryl methyl sites for hydroxylation is 1. The van der Waals surface area contributed by atoms with Crippen molar-refractivity contribution < 1.29 is 19.4 Å². The van der Waals surface area contributed by atoms with Crippen molar-refractivity contribution in [2.45, 2.75) is 25.9 Å². The van der Waals surface area contributed by atoms with Crippen LogP contribution in [0, 0.1) is 6.92 Å². The predicted molar refractivity (Wildman–Crippen MR) is 103 cm³/mol. The smallest absolute Gasteiger partial charge is 0.306 e. The van der Waals surface area contributed by atoms with Gasteiger partial charge in [-0.15, -0.1) is 0 Å². The molecule has 2 aromatic rings. The van der Waals surface area contributed by atoms with Crippen LogP contribution in [0.15, 0.2) is 30.3 Å². The maximum atomic E-state index is 12.0. The molecule has 0 aliphatic heterocycles. The van der Waals surface area contributed by atoms with Crippen LogP contribution in [0.4, 0.5) is 11.4 Å².